The third kappa shape index (κ3) is 6.27. The Kier molecular flexibility index (Phi) is 8.34. The number of benzene rings is 1. The molecule has 0 saturated carbocycles. The number of hydrogen-bond donors (Lipinski definition) is 3. The summed E-state index contributed by atoms with van der Waals surface area (Å²) >= 11 is 0.919. The van der Waals surface area contributed by atoms with Crippen molar-refractivity contribution in [3.8, 4) is 0 Å². The Morgan fingerprint density at radius 1 is 1.19 bits per heavy atom. The molecule has 0 radical (unpaired) electrons. The fourth-order valence-corrected chi connectivity index (χ4v) is 6.41. The number of sulfonamides is 1. The molecule has 0 unspecified atom stereocenters. The molecule has 1 fully saturated rings. The number of ketones is 1. The molecule has 1 aliphatic rings. The van der Waals surface area contributed by atoms with E-state index in [1.807, 2.05) is 6.07 Å². The minimum atomic E-state index is -3.37. The molecule has 3 aromatic rings. The fourth-order valence-electron chi connectivity index (χ4n) is 3.97. The Hall–Kier alpha value is -2.87. The molecule has 0 aliphatic carbocycles. The van der Waals surface area contributed by atoms with Gasteiger partial charge in [-0.1, -0.05) is 17.4 Å². The highest BCUT2D eigenvalue weighted by Crippen LogP contribution is 2.30. The molecule has 0 bridgehead atoms. The summed E-state index contributed by atoms with van der Waals surface area (Å²) in [6.07, 6.45) is 3.16. The van der Waals surface area contributed by atoms with E-state index < -0.39 is 33.0 Å². The van der Waals surface area contributed by atoms with Crippen LogP contribution in [0.2, 0.25) is 0 Å². The summed E-state index contributed by atoms with van der Waals surface area (Å²) in [6, 6.07) is 6.76. The summed E-state index contributed by atoms with van der Waals surface area (Å²) < 4.78 is 60.1. The molecule has 1 aliphatic heterocycles. The van der Waals surface area contributed by atoms with E-state index in [0.29, 0.717) is 50.6 Å². The van der Waals surface area contributed by atoms with E-state index in [2.05, 4.69) is 15.6 Å². The maximum Gasteiger partial charge on any atom is 0.214 e. The number of carbonyl (C=O) groups is 1. The van der Waals surface area contributed by atoms with Crippen molar-refractivity contribution >= 4 is 38.1 Å². The van der Waals surface area contributed by atoms with Crippen LogP contribution in [0.1, 0.15) is 40.3 Å². The van der Waals surface area contributed by atoms with E-state index in [-0.39, 0.29) is 22.5 Å². The van der Waals surface area contributed by atoms with E-state index in [0.717, 1.165) is 29.2 Å². The molecule has 194 valence electrons. The van der Waals surface area contributed by atoms with E-state index in [1.54, 1.807) is 12.3 Å². The summed E-state index contributed by atoms with van der Waals surface area (Å²) in [5, 5.41) is 6.67. The zero-order valence-corrected chi connectivity index (χ0v) is 21.0. The molecule has 0 spiro atoms. The largest absolute Gasteiger partial charge is 0.468 e. The minimum Gasteiger partial charge on any atom is -0.468 e. The normalized spacial score (nSPS) is 15.3. The van der Waals surface area contributed by atoms with Gasteiger partial charge in [0.25, 0.3) is 0 Å². The maximum absolute atomic E-state index is 14.0. The van der Waals surface area contributed by atoms with E-state index in [4.69, 9.17) is 10.2 Å². The number of hydrogen-bond acceptors (Lipinski definition) is 9. The Bertz CT molecular complexity index is 1270. The van der Waals surface area contributed by atoms with Crippen LogP contribution in [0.5, 0.6) is 0 Å². The number of nitrogen functional groups attached to an aromatic ring is 1. The van der Waals surface area contributed by atoms with Crippen LogP contribution < -0.4 is 16.4 Å². The highest BCUT2D eigenvalue weighted by Gasteiger charge is 2.29. The molecule has 1 saturated heterocycles. The lowest BCUT2D eigenvalue weighted by Gasteiger charge is -2.31. The van der Waals surface area contributed by atoms with Gasteiger partial charge >= 0.3 is 0 Å². The number of furan rings is 1. The monoisotopic (exact) mass is 539 g/mol. The van der Waals surface area contributed by atoms with Gasteiger partial charge in [-0.25, -0.2) is 26.5 Å². The topological polar surface area (TPSA) is 131 Å². The van der Waals surface area contributed by atoms with Gasteiger partial charge in [-0.3, -0.25) is 4.79 Å². The van der Waals surface area contributed by atoms with Crippen LogP contribution in [-0.4, -0.2) is 54.9 Å². The number of halogens is 2. The van der Waals surface area contributed by atoms with Gasteiger partial charge in [0.05, 0.1) is 24.1 Å². The van der Waals surface area contributed by atoms with Crippen molar-refractivity contribution in [2.24, 2.45) is 0 Å². The summed E-state index contributed by atoms with van der Waals surface area (Å²) in [7, 11) is -3.37. The first kappa shape index (κ1) is 26.2. The van der Waals surface area contributed by atoms with Crippen molar-refractivity contribution in [1.29, 1.82) is 0 Å². The average Bonchev–Trinajstić information content (AvgIpc) is 3.48. The second-order valence-electron chi connectivity index (χ2n) is 8.40. The Morgan fingerprint density at radius 3 is 2.58 bits per heavy atom. The van der Waals surface area contributed by atoms with Gasteiger partial charge in [0.2, 0.25) is 15.8 Å². The molecule has 1 aromatic carbocycles. The van der Waals surface area contributed by atoms with Crippen molar-refractivity contribution in [2.45, 2.75) is 31.8 Å². The molecule has 36 heavy (non-hydrogen) atoms. The van der Waals surface area contributed by atoms with Crippen LogP contribution in [0.4, 0.5) is 19.7 Å². The highest BCUT2D eigenvalue weighted by molar-refractivity contribution is 7.89. The first-order valence-corrected chi connectivity index (χ1v) is 13.9. The average molecular weight is 540 g/mol. The number of anilines is 2. The van der Waals surface area contributed by atoms with Crippen LogP contribution in [0.25, 0.3) is 0 Å². The molecular weight excluding hydrogens is 512 g/mol. The molecule has 13 heteroatoms. The van der Waals surface area contributed by atoms with Crippen molar-refractivity contribution in [2.75, 3.05) is 36.4 Å². The summed E-state index contributed by atoms with van der Waals surface area (Å²) in [4.78, 5) is 16.7. The second-order valence-corrected chi connectivity index (χ2v) is 11.5. The van der Waals surface area contributed by atoms with E-state index in [9.17, 15) is 22.0 Å². The fraction of sp³-hybridized carbons (Fsp3) is 0.391. The quantitative estimate of drug-likeness (QED) is 0.250. The third-order valence-corrected chi connectivity index (χ3v) is 8.82. The van der Waals surface area contributed by atoms with Crippen LogP contribution in [0, 0.1) is 11.6 Å². The van der Waals surface area contributed by atoms with Crippen molar-refractivity contribution in [1.82, 2.24) is 14.6 Å². The number of piperidine rings is 1. The third-order valence-electron chi connectivity index (χ3n) is 5.86. The van der Waals surface area contributed by atoms with Crippen LogP contribution in [0.3, 0.4) is 0 Å². The van der Waals surface area contributed by atoms with Gasteiger partial charge in [-0.15, -0.1) is 0 Å². The van der Waals surface area contributed by atoms with Gasteiger partial charge < -0.3 is 20.8 Å². The highest BCUT2D eigenvalue weighted by atomic mass is 32.2. The van der Waals surface area contributed by atoms with Crippen LogP contribution in [-0.2, 0) is 16.6 Å². The standard InChI is InChI=1S/C23H27F2N5O4S2/c24-17-5-1-6-18(25)19(17)20(31)21-22(26)29-23(35-21)28-15-7-10-30(11-8-15)36(32,33)13-3-9-27-14-16-4-2-12-34-16/h1-2,4-6,12,15,27H,3,7-11,13-14,26H2,(H,28,29). The van der Waals surface area contributed by atoms with Crippen molar-refractivity contribution < 1.29 is 26.4 Å². The number of thiazole rings is 1. The van der Waals surface area contributed by atoms with Gasteiger partial charge in [0.1, 0.15) is 28.1 Å². The number of rotatable bonds is 11. The molecular formula is C23H27F2N5O4S2. The first-order chi connectivity index (χ1) is 17.2. The molecule has 0 atom stereocenters. The van der Waals surface area contributed by atoms with Crippen molar-refractivity contribution in [3.05, 3.63) is 64.4 Å². The lowest BCUT2D eigenvalue weighted by atomic mass is 10.1. The van der Waals surface area contributed by atoms with Gasteiger partial charge in [0, 0.05) is 19.1 Å². The van der Waals surface area contributed by atoms with E-state index >= 15 is 0 Å². The van der Waals surface area contributed by atoms with Crippen molar-refractivity contribution in [3.63, 3.8) is 0 Å². The summed E-state index contributed by atoms with van der Waals surface area (Å²) in [5.41, 5.74) is 5.18. The number of carbonyl (C=O) groups excluding carboxylic acids is 1. The number of nitrogens with zero attached hydrogens (tertiary/aromatic N) is 2. The van der Waals surface area contributed by atoms with Gasteiger partial charge in [-0.2, -0.15) is 0 Å². The number of nitrogens with two attached hydrogens (primary N) is 1. The Morgan fingerprint density at radius 2 is 1.92 bits per heavy atom. The second kappa shape index (κ2) is 11.5. The van der Waals surface area contributed by atoms with Gasteiger partial charge in [-0.05, 0) is 50.1 Å². The predicted molar refractivity (Wildman–Crippen MR) is 133 cm³/mol. The molecule has 4 rings (SSSR count). The molecule has 3 heterocycles. The number of nitrogens with one attached hydrogen (secondary N) is 2. The Balaban J connectivity index is 1.26. The summed E-state index contributed by atoms with van der Waals surface area (Å²) in [6.45, 7) is 1.81. The smallest absolute Gasteiger partial charge is 0.214 e. The Labute approximate surface area is 211 Å². The molecule has 0 amide bonds. The maximum atomic E-state index is 14.0. The number of aromatic nitrogens is 1. The first-order valence-electron chi connectivity index (χ1n) is 11.5. The predicted octanol–water partition coefficient (Wildman–Crippen LogP) is 3.21. The van der Waals surface area contributed by atoms with Gasteiger partial charge in [0.15, 0.2) is 5.13 Å². The van der Waals surface area contributed by atoms with E-state index in [1.165, 1.54) is 10.4 Å². The minimum absolute atomic E-state index is 0.0529. The lowest BCUT2D eigenvalue weighted by Crippen LogP contribution is -2.43. The van der Waals surface area contributed by atoms with Crippen LogP contribution >= 0.6 is 11.3 Å². The lowest BCUT2D eigenvalue weighted by molar-refractivity contribution is 0.103. The molecule has 9 nitrogen and oxygen atoms in total. The SMILES string of the molecule is Nc1nc(NC2CCN(S(=O)(=O)CCCNCc3ccco3)CC2)sc1C(=O)c1c(F)cccc1F. The zero-order chi connectivity index (χ0) is 25.7. The zero-order valence-electron chi connectivity index (χ0n) is 19.4. The van der Waals surface area contributed by atoms with Crippen LogP contribution in [0.15, 0.2) is 41.0 Å². The molecule has 2 aromatic heterocycles. The summed E-state index contributed by atoms with van der Waals surface area (Å²) in [5.74, 6) is -2.07. The molecule has 4 N–H and O–H groups in total.